The van der Waals surface area contributed by atoms with E-state index in [-0.39, 0.29) is 11.2 Å². The van der Waals surface area contributed by atoms with E-state index >= 15 is 0 Å². The van der Waals surface area contributed by atoms with Crippen molar-refractivity contribution in [2.75, 3.05) is 12.3 Å². The fourth-order valence-corrected chi connectivity index (χ4v) is 4.01. The number of aromatic nitrogens is 1. The molecular weight excluding hydrogens is 290 g/mol. The zero-order chi connectivity index (χ0) is 13.9. The molecule has 3 rings (SSSR count). The van der Waals surface area contributed by atoms with Crippen molar-refractivity contribution in [1.82, 2.24) is 10.3 Å². The summed E-state index contributed by atoms with van der Waals surface area (Å²) in [5, 5.41) is 5.48. The molecule has 1 aromatic heterocycles. The first-order valence-corrected chi connectivity index (χ1v) is 8.20. The summed E-state index contributed by atoms with van der Waals surface area (Å²) in [5.74, 6) is 0.106. The molecule has 0 unspecified atom stereocenters. The highest BCUT2D eigenvalue weighted by Gasteiger charge is 2.27. The number of hydrogen-bond donors (Lipinski definition) is 2. The average Bonchev–Trinajstić information content (AvgIpc) is 3.04. The van der Waals surface area contributed by atoms with Crippen molar-refractivity contribution in [3.05, 3.63) is 40.9 Å². The molecule has 0 spiro atoms. The van der Waals surface area contributed by atoms with Crippen LogP contribution in [0.5, 0.6) is 0 Å². The summed E-state index contributed by atoms with van der Waals surface area (Å²) in [4.78, 5) is 17.5. The van der Waals surface area contributed by atoms with Gasteiger partial charge in [0.05, 0.1) is 10.9 Å². The normalized spacial score (nSPS) is 16.9. The predicted molar refractivity (Wildman–Crippen MR) is 83.0 cm³/mol. The SMILES string of the molecule is Nc1nc(CCNC(=O)[C@H]2Cc3ccccc3S2)cs1. The van der Waals surface area contributed by atoms with Crippen LogP contribution in [0.2, 0.25) is 0 Å². The number of hydrogen-bond acceptors (Lipinski definition) is 5. The van der Waals surface area contributed by atoms with Gasteiger partial charge in [-0.3, -0.25) is 4.79 Å². The van der Waals surface area contributed by atoms with Crippen LogP contribution < -0.4 is 11.1 Å². The number of fused-ring (bicyclic) bond motifs is 1. The highest BCUT2D eigenvalue weighted by Crippen LogP contribution is 2.36. The van der Waals surface area contributed by atoms with Gasteiger partial charge >= 0.3 is 0 Å². The Morgan fingerprint density at radius 3 is 3.05 bits per heavy atom. The van der Waals surface area contributed by atoms with Crippen molar-refractivity contribution in [2.24, 2.45) is 0 Å². The van der Waals surface area contributed by atoms with Crippen LogP contribution in [-0.2, 0) is 17.6 Å². The molecule has 2 aromatic rings. The average molecular weight is 305 g/mol. The number of amides is 1. The van der Waals surface area contributed by atoms with Crippen molar-refractivity contribution in [2.45, 2.75) is 23.0 Å². The van der Waals surface area contributed by atoms with E-state index in [1.165, 1.54) is 21.8 Å². The Morgan fingerprint density at radius 2 is 2.30 bits per heavy atom. The number of carbonyl (C=O) groups is 1. The van der Waals surface area contributed by atoms with Crippen molar-refractivity contribution in [3.63, 3.8) is 0 Å². The number of nitrogens with two attached hydrogens (primary N) is 1. The molecule has 1 atom stereocenters. The first kappa shape index (κ1) is 13.5. The predicted octanol–water partition coefficient (Wildman–Crippen LogP) is 2.10. The summed E-state index contributed by atoms with van der Waals surface area (Å²) in [6, 6.07) is 8.20. The highest BCUT2D eigenvalue weighted by molar-refractivity contribution is 8.01. The molecule has 3 N–H and O–H groups in total. The molecule has 104 valence electrons. The van der Waals surface area contributed by atoms with Gasteiger partial charge < -0.3 is 11.1 Å². The molecule has 1 aromatic carbocycles. The molecular formula is C14H15N3OS2. The summed E-state index contributed by atoms with van der Waals surface area (Å²) in [6.07, 6.45) is 1.54. The van der Waals surface area contributed by atoms with Crippen LogP contribution in [-0.4, -0.2) is 22.7 Å². The zero-order valence-electron chi connectivity index (χ0n) is 10.8. The van der Waals surface area contributed by atoms with Gasteiger partial charge in [-0.2, -0.15) is 0 Å². The Bertz CT molecular complexity index is 601. The van der Waals surface area contributed by atoms with Gasteiger partial charge in [-0.15, -0.1) is 23.1 Å². The number of nitrogens with one attached hydrogen (secondary N) is 1. The minimum atomic E-state index is -0.00657. The fourth-order valence-electron chi connectivity index (χ4n) is 2.19. The topological polar surface area (TPSA) is 68.0 Å². The largest absolute Gasteiger partial charge is 0.375 e. The molecule has 0 fully saturated rings. The Labute approximate surface area is 125 Å². The number of carbonyl (C=O) groups excluding carboxylic acids is 1. The summed E-state index contributed by atoms with van der Waals surface area (Å²) in [6.45, 7) is 0.607. The van der Waals surface area contributed by atoms with Crippen LogP contribution >= 0.6 is 23.1 Å². The highest BCUT2D eigenvalue weighted by atomic mass is 32.2. The lowest BCUT2D eigenvalue weighted by Gasteiger charge is -2.09. The van der Waals surface area contributed by atoms with E-state index in [4.69, 9.17) is 5.73 Å². The lowest BCUT2D eigenvalue weighted by molar-refractivity contribution is -0.120. The second kappa shape index (κ2) is 5.85. The number of anilines is 1. The summed E-state index contributed by atoms with van der Waals surface area (Å²) >= 11 is 3.08. The van der Waals surface area contributed by atoms with Gasteiger partial charge in [-0.1, -0.05) is 18.2 Å². The van der Waals surface area contributed by atoms with Crippen molar-refractivity contribution >= 4 is 34.1 Å². The number of thiazole rings is 1. The van der Waals surface area contributed by atoms with Gasteiger partial charge in [0.1, 0.15) is 0 Å². The van der Waals surface area contributed by atoms with Crippen molar-refractivity contribution < 1.29 is 4.79 Å². The lowest BCUT2D eigenvalue weighted by atomic mass is 10.1. The van der Waals surface area contributed by atoms with E-state index < -0.39 is 0 Å². The maximum absolute atomic E-state index is 12.1. The number of thioether (sulfide) groups is 1. The number of benzene rings is 1. The van der Waals surface area contributed by atoms with Gasteiger partial charge in [0.2, 0.25) is 5.91 Å². The number of nitrogen functional groups attached to an aromatic ring is 1. The minimum Gasteiger partial charge on any atom is -0.375 e. The van der Waals surface area contributed by atoms with Gasteiger partial charge in [-0.25, -0.2) is 4.98 Å². The molecule has 2 heterocycles. The van der Waals surface area contributed by atoms with Crippen LogP contribution in [0.3, 0.4) is 0 Å². The van der Waals surface area contributed by atoms with Crippen molar-refractivity contribution in [1.29, 1.82) is 0 Å². The van der Waals surface area contributed by atoms with Crippen LogP contribution in [0.4, 0.5) is 5.13 Å². The molecule has 20 heavy (non-hydrogen) atoms. The van der Waals surface area contributed by atoms with E-state index in [1.807, 2.05) is 17.5 Å². The first-order chi connectivity index (χ1) is 9.72. The minimum absolute atomic E-state index is 0.00657. The van der Waals surface area contributed by atoms with Crippen LogP contribution in [0.25, 0.3) is 0 Å². The smallest absolute Gasteiger partial charge is 0.233 e. The number of nitrogens with zero attached hydrogens (tertiary/aromatic N) is 1. The fraction of sp³-hybridized carbons (Fsp3) is 0.286. The molecule has 0 aliphatic carbocycles. The second-order valence-electron chi connectivity index (χ2n) is 4.64. The van der Waals surface area contributed by atoms with Crippen LogP contribution in [0.1, 0.15) is 11.3 Å². The summed E-state index contributed by atoms with van der Waals surface area (Å²) in [5.41, 5.74) is 7.78. The molecule has 1 amide bonds. The molecule has 1 aliphatic rings. The van der Waals surface area contributed by atoms with Crippen LogP contribution in [0.15, 0.2) is 34.5 Å². The third kappa shape index (κ3) is 2.96. The first-order valence-electron chi connectivity index (χ1n) is 6.44. The second-order valence-corrected chi connectivity index (χ2v) is 6.77. The molecule has 0 radical (unpaired) electrons. The third-order valence-corrected chi connectivity index (χ3v) is 5.23. The molecule has 0 bridgehead atoms. The number of rotatable bonds is 4. The van der Waals surface area contributed by atoms with Gasteiger partial charge in [0, 0.05) is 23.2 Å². The molecule has 0 saturated heterocycles. The molecule has 4 nitrogen and oxygen atoms in total. The van der Waals surface area contributed by atoms with Gasteiger partial charge in [0.15, 0.2) is 5.13 Å². The maximum Gasteiger partial charge on any atom is 0.233 e. The van der Waals surface area contributed by atoms with Crippen molar-refractivity contribution in [3.8, 4) is 0 Å². The third-order valence-electron chi connectivity index (χ3n) is 3.19. The lowest BCUT2D eigenvalue weighted by Crippen LogP contribution is -2.33. The van der Waals surface area contributed by atoms with E-state index in [0.29, 0.717) is 11.7 Å². The zero-order valence-corrected chi connectivity index (χ0v) is 12.5. The Kier molecular flexibility index (Phi) is 3.93. The Morgan fingerprint density at radius 1 is 1.45 bits per heavy atom. The van der Waals surface area contributed by atoms with Crippen LogP contribution in [0, 0.1) is 0 Å². The van der Waals surface area contributed by atoms with E-state index in [1.54, 1.807) is 11.8 Å². The molecule has 1 aliphatic heterocycles. The summed E-state index contributed by atoms with van der Waals surface area (Å²) in [7, 11) is 0. The van der Waals surface area contributed by atoms with E-state index in [2.05, 4.69) is 22.4 Å². The molecule has 6 heteroatoms. The van der Waals surface area contributed by atoms with Gasteiger partial charge in [0.25, 0.3) is 0 Å². The van der Waals surface area contributed by atoms with Gasteiger partial charge in [-0.05, 0) is 18.1 Å². The van der Waals surface area contributed by atoms with E-state index in [9.17, 15) is 4.79 Å². The Hall–Kier alpha value is -1.53. The summed E-state index contributed by atoms with van der Waals surface area (Å²) < 4.78 is 0. The standard InChI is InChI=1S/C14H15N3OS2/c15-14-17-10(8-19-14)5-6-16-13(18)12-7-9-3-1-2-4-11(9)20-12/h1-4,8,12H,5-7H2,(H2,15,17)(H,16,18)/t12-/m1/s1. The Balaban J connectivity index is 1.49. The van der Waals surface area contributed by atoms with E-state index in [0.717, 1.165) is 18.5 Å². The monoisotopic (exact) mass is 305 g/mol. The maximum atomic E-state index is 12.1. The molecule has 0 saturated carbocycles. The quantitative estimate of drug-likeness (QED) is 0.908.